The Morgan fingerprint density at radius 2 is 1.86 bits per heavy atom. The molecule has 1 fully saturated rings. The van der Waals surface area contributed by atoms with Crippen molar-refractivity contribution < 1.29 is 22.7 Å². The molecule has 1 N–H and O–H groups in total. The monoisotopic (exact) mass is 510 g/mol. The lowest BCUT2D eigenvalue weighted by molar-refractivity contribution is -0.137. The van der Waals surface area contributed by atoms with Crippen LogP contribution in [0, 0.1) is 18.3 Å². The maximum Gasteiger partial charge on any atom is 0.416 e. The number of alkyl halides is 3. The van der Waals surface area contributed by atoms with Crippen LogP contribution in [0.4, 0.5) is 24.5 Å². The molecule has 0 aliphatic carbocycles. The highest BCUT2D eigenvalue weighted by Gasteiger charge is 2.31. The lowest BCUT2D eigenvalue weighted by Gasteiger charge is -2.29. The van der Waals surface area contributed by atoms with E-state index in [0.29, 0.717) is 48.8 Å². The predicted molar refractivity (Wildman–Crippen MR) is 134 cm³/mol. The van der Waals surface area contributed by atoms with Crippen molar-refractivity contribution in [2.24, 2.45) is 0 Å². The molecule has 0 bridgehead atoms. The average molecular weight is 511 g/mol. The SMILES string of the molecule is Cc1ccc(NC(=O)c2cccc(C(F)(F)F)c2)cc1-c1cc(N2CCOCC2)c(=O)n(C(C)C#N)c1. The largest absolute Gasteiger partial charge is 0.416 e. The number of nitriles is 1. The highest BCUT2D eigenvalue weighted by atomic mass is 19.4. The third kappa shape index (κ3) is 5.67. The zero-order valence-electron chi connectivity index (χ0n) is 20.3. The van der Waals surface area contributed by atoms with Gasteiger partial charge < -0.3 is 15.0 Å². The molecule has 1 aliphatic heterocycles. The van der Waals surface area contributed by atoms with Crippen molar-refractivity contribution >= 4 is 17.3 Å². The number of nitrogens with one attached hydrogen (secondary N) is 1. The van der Waals surface area contributed by atoms with E-state index in [0.717, 1.165) is 17.7 Å². The van der Waals surface area contributed by atoms with Crippen LogP contribution in [0.1, 0.15) is 34.5 Å². The number of aryl methyl sites for hydroxylation is 1. The third-order valence-electron chi connectivity index (χ3n) is 6.24. The molecule has 0 radical (unpaired) electrons. The second kappa shape index (κ2) is 10.5. The minimum Gasteiger partial charge on any atom is -0.378 e. The molecule has 37 heavy (non-hydrogen) atoms. The van der Waals surface area contributed by atoms with Crippen LogP contribution in [0.3, 0.4) is 0 Å². The molecule has 1 atom stereocenters. The number of nitrogens with zero attached hydrogens (tertiary/aromatic N) is 3. The lowest BCUT2D eigenvalue weighted by atomic mass is 10.00. The van der Waals surface area contributed by atoms with E-state index in [-0.39, 0.29) is 11.1 Å². The summed E-state index contributed by atoms with van der Waals surface area (Å²) in [6, 6.07) is 12.5. The Hall–Kier alpha value is -4.10. The van der Waals surface area contributed by atoms with Crippen LogP contribution < -0.4 is 15.8 Å². The van der Waals surface area contributed by atoms with Crippen LogP contribution in [-0.2, 0) is 10.9 Å². The Balaban J connectivity index is 1.72. The van der Waals surface area contributed by atoms with Crippen LogP contribution in [0.2, 0.25) is 0 Å². The number of aromatic nitrogens is 1. The number of benzene rings is 2. The van der Waals surface area contributed by atoms with Gasteiger partial charge in [0.05, 0.1) is 24.8 Å². The summed E-state index contributed by atoms with van der Waals surface area (Å²) in [5, 5.41) is 12.1. The first-order valence-corrected chi connectivity index (χ1v) is 11.7. The molecule has 1 amide bonds. The topological polar surface area (TPSA) is 87.4 Å². The van der Waals surface area contributed by atoms with Gasteiger partial charge >= 0.3 is 6.18 Å². The Morgan fingerprint density at radius 1 is 1.14 bits per heavy atom. The average Bonchev–Trinajstić information content (AvgIpc) is 2.89. The molecule has 0 spiro atoms. The minimum atomic E-state index is -4.56. The molecule has 1 aromatic heterocycles. The summed E-state index contributed by atoms with van der Waals surface area (Å²) in [5.41, 5.74) is 1.72. The van der Waals surface area contributed by atoms with E-state index in [1.165, 1.54) is 16.7 Å². The van der Waals surface area contributed by atoms with Crippen molar-refractivity contribution in [3.63, 3.8) is 0 Å². The van der Waals surface area contributed by atoms with E-state index in [9.17, 15) is 28.0 Å². The van der Waals surface area contributed by atoms with Gasteiger partial charge in [0.1, 0.15) is 11.7 Å². The van der Waals surface area contributed by atoms with Crippen molar-refractivity contribution in [1.29, 1.82) is 5.26 Å². The van der Waals surface area contributed by atoms with Crippen LogP contribution in [0.25, 0.3) is 11.1 Å². The third-order valence-corrected chi connectivity index (χ3v) is 6.24. The van der Waals surface area contributed by atoms with Crippen molar-refractivity contribution in [2.45, 2.75) is 26.1 Å². The fourth-order valence-corrected chi connectivity index (χ4v) is 4.17. The van der Waals surface area contributed by atoms with E-state index >= 15 is 0 Å². The first kappa shape index (κ1) is 26.0. The second-order valence-electron chi connectivity index (χ2n) is 8.79. The molecule has 4 rings (SSSR count). The number of anilines is 2. The Kier molecular flexibility index (Phi) is 7.36. The fourth-order valence-electron chi connectivity index (χ4n) is 4.17. The molecule has 2 heterocycles. The smallest absolute Gasteiger partial charge is 0.378 e. The molecule has 2 aromatic carbocycles. The van der Waals surface area contributed by atoms with Crippen LogP contribution in [0.15, 0.2) is 59.5 Å². The fraction of sp³-hybridized carbons (Fsp3) is 0.296. The van der Waals surface area contributed by atoms with Crippen LogP contribution in [-0.4, -0.2) is 36.8 Å². The quantitative estimate of drug-likeness (QED) is 0.521. The van der Waals surface area contributed by atoms with Crippen molar-refractivity contribution in [1.82, 2.24) is 4.57 Å². The number of amides is 1. The van der Waals surface area contributed by atoms with Crippen molar-refractivity contribution in [3.05, 3.63) is 81.8 Å². The predicted octanol–water partition coefficient (Wildman–Crippen LogP) is 5.02. The van der Waals surface area contributed by atoms with E-state index in [2.05, 4.69) is 11.4 Å². The number of halogens is 3. The maximum absolute atomic E-state index is 13.2. The highest BCUT2D eigenvalue weighted by molar-refractivity contribution is 6.04. The van der Waals surface area contributed by atoms with Gasteiger partial charge in [0.2, 0.25) is 0 Å². The lowest BCUT2D eigenvalue weighted by Crippen LogP contribution is -2.40. The highest BCUT2D eigenvalue weighted by Crippen LogP contribution is 2.31. The molecule has 1 unspecified atom stereocenters. The van der Waals surface area contributed by atoms with Gasteiger partial charge in [-0.2, -0.15) is 18.4 Å². The molecular weight excluding hydrogens is 485 g/mol. The molecule has 192 valence electrons. The number of carbonyl (C=O) groups is 1. The van der Waals surface area contributed by atoms with Crippen LogP contribution in [0.5, 0.6) is 0 Å². The second-order valence-corrected chi connectivity index (χ2v) is 8.79. The summed E-state index contributed by atoms with van der Waals surface area (Å²) in [6.45, 7) is 5.52. The number of rotatable bonds is 5. The molecule has 0 saturated carbocycles. The standard InChI is InChI=1S/C27H25F3N4O3/c1-17-6-7-22(32-25(35)19-4-3-5-21(12-19)27(28,29)30)14-23(17)20-13-24(33-8-10-37-11-9-33)26(36)34(16-20)18(2)15-31/h3-7,12-14,16,18H,8-11H2,1-2H3,(H,32,35). The van der Waals surface area contributed by atoms with Gasteiger partial charge in [-0.05, 0) is 61.4 Å². The van der Waals surface area contributed by atoms with Gasteiger partial charge in [0.25, 0.3) is 11.5 Å². The van der Waals surface area contributed by atoms with Gasteiger partial charge in [-0.1, -0.05) is 12.1 Å². The van der Waals surface area contributed by atoms with Gasteiger partial charge in [-0.3, -0.25) is 14.2 Å². The van der Waals surface area contributed by atoms with Gasteiger partial charge in [0, 0.05) is 36.1 Å². The number of hydrogen-bond donors (Lipinski definition) is 1. The van der Waals surface area contributed by atoms with E-state index < -0.39 is 23.7 Å². The maximum atomic E-state index is 13.2. The summed E-state index contributed by atoms with van der Waals surface area (Å²) in [4.78, 5) is 27.9. The number of carbonyl (C=O) groups excluding carboxylic acids is 1. The first-order valence-electron chi connectivity index (χ1n) is 11.7. The Labute approximate surface area is 211 Å². The molecular formula is C27H25F3N4O3. The summed E-state index contributed by atoms with van der Waals surface area (Å²) in [7, 11) is 0. The van der Waals surface area contributed by atoms with Crippen LogP contribution >= 0.6 is 0 Å². The molecule has 1 saturated heterocycles. The summed E-state index contributed by atoms with van der Waals surface area (Å²) in [6.07, 6.45) is -2.95. The number of pyridine rings is 1. The summed E-state index contributed by atoms with van der Waals surface area (Å²) in [5.74, 6) is -0.682. The molecule has 10 heteroatoms. The minimum absolute atomic E-state index is 0.122. The summed E-state index contributed by atoms with van der Waals surface area (Å²) < 4.78 is 46.0. The molecule has 7 nitrogen and oxygen atoms in total. The van der Waals surface area contributed by atoms with Crippen molar-refractivity contribution in [3.8, 4) is 17.2 Å². The van der Waals surface area contributed by atoms with Gasteiger partial charge in [-0.25, -0.2) is 0 Å². The number of morpholine rings is 1. The first-order chi connectivity index (χ1) is 17.6. The van der Waals surface area contributed by atoms with Crippen molar-refractivity contribution in [2.75, 3.05) is 36.5 Å². The van der Waals surface area contributed by atoms with Gasteiger partial charge in [0.15, 0.2) is 0 Å². The van der Waals surface area contributed by atoms with E-state index in [1.54, 1.807) is 37.4 Å². The zero-order valence-corrected chi connectivity index (χ0v) is 20.3. The Bertz CT molecular complexity index is 1420. The molecule has 1 aliphatic rings. The van der Waals surface area contributed by atoms with E-state index in [4.69, 9.17) is 4.74 Å². The number of ether oxygens (including phenoxy) is 1. The summed E-state index contributed by atoms with van der Waals surface area (Å²) >= 11 is 0. The molecule has 3 aromatic rings. The number of hydrogen-bond acceptors (Lipinski definition) is 5. The van der Waals surface area contributed by atoms with E-state index in [1.807, 2.05) is 11.8 Å². The zero-order chi connectivity index (χ0) is 26.7. The Morgan fingerprint density at radius 3 is 2.54 bits per heavy atom. The van der Waals surface area contributed by atoms with Gasteiger partial charge in [-0.15, -0.1) is 0 Å². The normalized spacial score (nSPS) is 14.6.